The van der Waals surface area contributed by atoms with Gasteiger partial charge < -0.3 is 21.1 Å². The van der Waals surface area contributed by atoms with E-state index in [1.165, 1.54) is 11.8 Å². The third kappa shape index (κ3) is 5.58. The minimum absolute atomic E-state index is 0.0176. The fourth-order valence-corrected chi connectivity index (χ4v) is 3.85. The number of nitrogens with one attached hydrogen (secondary N) is 3. The van der Waals surface area contributed by atoms with E-state index in [-0.39, 0.29) is 23.5 Å². The number of carbonyl (C=O) groups excluding carboxylic acids is 2. The first-order chi connectivity index (χ1) is 13.5. The van der Waals surface area contributed by atoms with Crippen LogP contribution in [0.5, 0.6) is 0 Å². The second-order valence-electron chi connectivity index (χ2n) is 6.89. The highest BCUT2D eigenvalue weighted by Gasteiger charge is 2.25. The summed E-state index contributed by atoms with van der Waals surface area (Å²) in [7, 11) is 0. The van der Waals surface area contributed by atoms with Gasteiger partial charge >= 0.3 is 0 Å². The molecule has 6 nitrogen and oxygen atoms in total. The molecule has 0 aliphatic carbocycles. The van der Waals surface area contributed by atoms with Crippen LogP contribution in [0, 0.1) is 12.8 Å². The number of benzene rings is 2. The van der Waals surface area contributed by atoms with E-state index < -0.39 is 6.10 Å². The van der Waals surface area contributed by atoms with Gasteiger partial charge in [0.2, 0.25) is 5.91 Å². The van der Waals surface area contributed by atoms with E-state index in [1.807, 2.05) is 43.3 Å². The molecule has 0 radical (unpaired) electrons. The minimum atomic E-state index is -0.435. The fraction of sp³-hybridized carbons (Fsp3) is 0.333. The van der Waals surface area contributed by atoms with Gasteiger partial charge in [-0.2, -0.15) is 0 Å². The number of thioether (sulfide) groups is 1. The molecule has 1 fully saturated rings. The van der Waals surface area contributed by atoms with Crippen LogP contribution >= 0.6 is 11.8 Å². The molecule has 1 aliphatic heterocycles. The van der Waals surface area contributed by atoms with E-state index in [4.69, 9.17) is 0 Å². The molecule has 2 aromatic carbocycles. The Balaban J connectivity index is 1.54. The standard InChI is InChI=1S/C21H25N3O3S/c1-14-6-8-16(9-7-14)24-20(26)13-28-19-5-3-2-4-17(19)21(27)23-11-15-10-22-12-18(15)25/h2-9,15,18,22,25H,10-13H2,1H3,(H,23,27)(H,24,26). The molecule has 4 N–H and O–H groups in total. The number of anilines is 1. The number of aliphatic hydroxyl groups excluding tert-OH is 1. The lowest BCUT2D eigenvalue weighted by molar-refractivity contribution is -0.113. The monoisotopic (exact) mass is 399 g/mol. The van der Waals surface area contributed by atoms with Gasteiger partial charge in [-0.15, -0.1) is 11.8 Å². The third-order valence-electron chi connectivity index (χ3n) is 4.65. The van der Waals surface area contributed by atoms with E-state index in [0.717, 1.165) is 16.1 Å². The summed E-state index contributed by atoms with van der Waals surface area (Å²) in [5, 5.41) is 18.7. The van der Waals surface area contributed by atoms with Gasteiger partial charge in [0, 0.05) is 36.1 Å². The largest absolute Gasteiger partial charge is 0.391 e. The first kappa shape index (κ1) is 20.4. The Bertz CT molecular complexity index is 826. The Hall–Kier alpha value is -2.35. The van der Waals surface area contributed by atoms with Gasteiger partial charge in [-0.3, -0.25) is 9.59 Å². The number of carbonyl (C=O) groups is 2. The number of rotatable bonds is 7. The summed E-state index contributed by atoms with van der Waals surface area (Å²) in [6, 6.07) is 14.9. The number of amides is 2. The Morgan fingerprint density at radius 1 is 1.14 bits per heavy atom. The number of aliphatic hydroxyl groups is 1. The van der Waals surface area contributed by atoms with Gasteiger partial charge in [-0.05, 0) is 31.2 Å². The van der Waals surface area contributed by atoms with Crippen LogP contribution in [0.4, 0.5) is 5.69 Å². The summed E-state index contributed by atoms with van der Waals surface area (Å²) in [5.74, 6) is -0.0851. The predicted molar refractivity (Wildman–Crippen MR) is 112 cm³/mol. The topological polar surface area (TPSA) is 90.5 Å². The van der Waals surface area contributed by atoms with Crippen molar-refractivity contribution in [1.82, 2.24) is 10.6 Å². The summed E-state index contributed by atoms with van der Waals surface area (Å²) >= 11 is 1.33. The molecule has 3 rings (SSSR count). The van der Waals surface area contributed by atoms with E-state index in [9.17, 15) is 14.7 Å². The van der Waals surface area contributed by atoms with Crippen molar-refractivity contribution in [3.05, 3.63) is 59.7 Å². The quantitative estimate of drug-likeness (QED) is 0.535. The van der Waals surface area contributed by atoms with Crippen LogP contribution in [0.25, 0.3) is 0 Å². The molecule has 0 spiro atoms. The lowest BCUT2D eigenvalue weighted by atomic mass is 10.1. The van der Waals surface area contributed by atoms with Crippen LogP contribution in [0.1, 0.15) is 15.9 Å². The van der Waals surface area contributed by atoms with E-state index in [0.29, 0.717) is 25.2 Å². The Kier molecular flexibility index (Phi) is 7.08. The van der Waals surface area contributed by atoms with Crippen LogP contribution in [0.3, 0.4) is 0 Å². The van der Waals surface area contributed by atoms with Crippen LogP contribution in [-0.4, -0.2) is 48.4 Å². The number of hydrogen-bond acceptors (Lipinski definition) is 5. The Labute approximate surface area is 169 Å². The SMILES string of the molecule is Cc1ccc(NC(=O)CSc2ccccc2C(=O)NCC2CNCC2O)cc1. The predicted octanol–water partition coefficient (Wildman–Crippen LogP) is 2.04. The summed E-state index contributed by atoms with van der Waals surface area (Å²) < 4.78 is 0. The van der Waals surface area contributed by atoms with Crippen LogP contribution in [0.15, 0.2) is 53.4 Å². The first-order valence-electron chi connectivity index (χ1n) is 9.28. The van der Waals surface area contributed by atoms with E-state index in [1.54, 1.807) is 12.1 Å². The molecule has 0 saturated carbocycles. The van der Waals surface area contributed by atoms with Crippen molar-refractivity contribution in [1.29, 1.82) is 0 Å². The molecule has 1 heterocycles. The number of aryl methyl sites for hydroxylation is 1. The zero-order valence-electron chi connectivity index (χ0n) is 15.8. The highest BCUT2D eigenvalue weighted by molar-refractivity contribution is 8.00. The molecular weight excluding hydrogens is 374 g/mol. The Morgan fingerprint density at radius 2 is 1.89 bits per heavy atom. The van der Waals surface area contributed by atoms with Gasteiger partial charge in [-0.25, -0.2) is 0 Å². The third-order valence-corrected chi connectivity index (χ3v) is 5.73. The Morgan fingerprint density at radius 3 is 2.61 bits per heavy atom. The van der Waals surface area contributed by atoms with Crippen molar-refractivity contribution in [2.45, 2.75) is 17.9 Å². The molecule has 2 atom stereocenters. The zero-order valence-corrected chi connectivity index (χ0v) is 16.6. The van der Waals surface area contributed by atoms with Gasteiger partial charge in [0.1, 0.15) is 0 Å². The minimum Gasteiger partial charge on any atom is -0.391 e. The first-order valence-corrected chi connectivity index (χ1v) is 10.3. The van der Waals surface area contributed by atoms with Crippen molar-refractivity contribution in [3.8, 4) is 0 Å². The van der Waals surface area contributed by atoms with Crippen molar-refractivity contribution in [2.75, 3.05) is 30.7 Å². The molecule has 1 aliphatic rings. The second-order valence-corrected chi connectivity index (χ2v) is 7.91. The summed E-state index contributed by atoms with van der Waals surface area (Å²) in [6.45, 7) is 3.66. The summed E-state index contributed by atoms with van der Waals surface area (Å²) in [6.07, 6.45) is -0.435. The van der Waals surface area contributed by atoms with Gasteiger partial charge in [0.05, 0.1) is 17.4 Å². The molecule has 0 aromatic heterocycles. The molecule has 28 heavy (non-hydrogen) atoms. The lowest BCUT2D eigenvalue weighted by Crippen LogP contribution is -2.34. The van der Waals surface area contributed by atoms with Crippen molar-refractivity contribution < 1.29 is 14.7 Å². The molecule has 2 aromatic rings. The highest BCUT2D eigenvalue weighted by atomic mass is 32.2. The van der Waals surface area contributed by atoms with Crippen molar-refractivity contribution in [2.24, 2.45) is 5.92 Å². The fourth-order valence-electron chi connectivity index (χ4n) is 3.00. The molecule has 0 bridgehead atoms. The molecule has 1 saturated heterocycles. The van der Waals surface area contributed by atoms with Gasteiger partial charge in [0.25, 0.3) is 5.91 Å². The van der Waals surface area contributed by atoms with Gasteiger partial charge in [-0.1, -0.05) is 29.8 Å². The highest BCUT2D eigenvalue weighted by Crippen LogP contribution is 2.23. The summed E-state index contributed by atoms with van der Waals surface area (Å²) in [4.78, 5) is 25.5. The maximum Gasteiger partial charge on any atom is 0.252 e. The van der Waals surface area contributed by atoms with Crippen LogP contribution in [-0.2, 0) is 4.79 Å². The maximum atomic E-state index is 12.6. The normalized spacial score (nSPS) is 18.6. The molecule has 148 valence electrons. The van der Waals surface area contributed by atoms with Crippen molar-refractivity contribution >= 4 is 29.3 Å². The smallest absolute Gasteiger partial charge is 0.252 e. The zero-order chi connectivity index (χ0) is 19.9. The molecule has 2 unspecified atom stereocenters. The second kappa shape index (κ2) is 9.73. The lowest BCUT2D eigenvalue weighted by Gasteiger charge is -2.15. The molecule has 7 heteroatoms. The number of β-amino-alcohol motifs (C(OH)–C–C–N with tert-alkyl or cyclic N) is 1. The maximum absolute atomic E-state index is 12.6. The molecule has 2 amide bonds. The number of hydrogen-bond donors (Lipinski definition) is 4. The average molecular weight is 400 g/mol. The summed E-state index contributed by atoms with van der Waals surface area (Å²) in [5.41, 5.74) is 2.43. The van der Waals surface area contributed by atoms with Crippen LogP contribution < -0.4 is 16.0 Å². The average Bonchev–Trinajstić information content (AvgIpc) is 3.11. The van der Waals surface area contributed by atoms with E-state index >= 15 is 0 Å². The van der Waals surface area contributed by atoms with E-state index in [2.05, 4.69) is 16.0 Å². The van der Waals surface area contributed by atoms with Crippen molar-refractivity contribution in [3.63, 3.8) is 0 Å². The van der Waals surface area contributed by atoms with Gasteiger partial charge in [0.15, 0.2) is 0 Å². The molecular formula is C21H25N3O3S. The van der Waals surface area contributed by atoms with Crippen LogP contribution in [0.2, 0.25) is 0 Å².